The third kappa shape index (κ3) is 1.36. The topological polar surface area (TPSA) is 0 Å². The molecule has 0 heterocycles. The van der Waals surface area contributed by atoms with Crippen LogP contribution in [0.25, 0.3) is 12.2 Å². The van der Waals surface area contributed by atoms with Crippen molar-refractivity contribution in [1.82, 2.24) is 0 Å². The molecule has 2 aliphatic carbocycles. The van der Waals surface area contributed by atoms with Crippen molar-refractivity contribution in [3.05, 3.63) is 46.0 Å². The van der Waals surface area contributed by atoms with Crippen molar-refractivity contribution in [2.75, 3.05) is 0 Å². The van der Waals surface area contributed by atoms with Gasteiger partial charge in [0, 0.05) is 0 Å². The molecule has 0 N–H and O–H groups in total. The number of allylic oxidation sites excluding steroid dienone is 2. The Kier molecular flexibility index (Phi) is 2.02. The SMILES string of the molecule is Cc1cc2c(c3c1C=CCC3)CCC=C2. The molecule has 0 radical (unpaired) electrons. The monoisotopic (exact) mass is 196 g/mol. The quantitative estimate of drug-likeness (QED) is 0.590. The van der Waals surface area contributed by atoms with Gasteiger partial charge < -0.3 is 0 Å². The smallest absolute Gasteiger partial charge is 0.0195 e. The van der Waals surface area contributed by atoms with Crippen LogP contribution in [0, 0.1) is 6.92 Å². The van der Waals surface area contributed by atoms with E-state index in [1.165, 1.54) is 42.4 Å². The average Bonchev–Trinajstić information content (AvgIpc) is 2.30. The molecule has 76 valence electrons. The molecule has 0 atom stereocenters. The first-order valence-corrected chi connectivity index (χ1v) is 5.84. The van der Waals surface area contributed by atoms with E-state index in [-0.39, 0.29) is 0 Å². The minimum absolute atomic E-state index is 1.21. The van der Waals surface area contributed by atoms with Crippen LogP contribution in [0.15, 0.2) is 18.2 Å². The fourth-order valence-corrected chi connectivity index (χ4v) is 2.80. The highest BCUT2D eigenvalue weighted by molar-refractivity contribution is 5.69. The lowest BCUT2D eigenvalue weighted by Crippen LogP contribution is -2.06. The maximum Gasteiger partial charge on any atom is -0.0195 e. The molecule has 0 unspecified atom stereocenters. The molecular formula is C15H16. The normalized spacial score (nSPS) is 17.4. The van der Waals surface area contributed by atoms with Gasteiger partial charge in [0.1, 0.15) is 0 Å². The van der Waals surface area contributed by atoms with Gasteiger partial charge in [-0.1, -0.05) is 30.4 Å². The summed E-state index contributed by atoms with van der Waals surface area (Å²) in [5.74, 6) is 0. The third-order valence-electron chi connectivity index (χ3n) is 3.54. The Morgan fingerprint density at radius 1 is 0.933 bits per heavy atom. The number of fused-ring (bicyclic) bond motifs is 3. The number of rotatable bonds is 0. The summed E-state index contributed by atoms with van der Waals surface area (Å²) in [6, 6.07) is 2.35. The Bertz CT molecular complexity index is 461. The van der Waals surface area contributed by atoms with E-state index in [1.807, 2.05) is 0 Å². The number of hydrogen-bond acceptors (Lipinski definition) is 0. The van der Waals surface area contributed by atoms with Gasteiger partial charge in [0.05, 0.1) is 0 Å². The van der Waals surface area contributed by atoms with Gasteiger partial charge in [0.15, 0.2) is 0 Å². The lowest BCUT2D eigenvalue weighted by Gasteiger charge is -2.22. The molecule has 0 heteroatoms. The van der Waals surface area contributed by atoms with Gasteiger partial charge in [-0.15, -0.1) is 0 Å². The minimum Gasteiger partial charge on any atom is -0.0836 e. The molecule has 1 aromatic carbocycles. The maximum absolute atomic E-state index is 2.35. The largest absolute Gasteiger partial charge is 0.0836 e. The van der Waals surface area contributed by atoms with Gasteiger partial charge in [-0.25, -0.2) is 0 Å². The molecular weight excluding hydrogens is 180 g/mol. The number of benzene rings is 1. The molecule has 1 aromatic rings. The van der Waals surface area contributed by atoms with Crippen LogP contribution in [0.1, 0.15) is 40.7 Å². The first kappa shape index (κ1) is 8.96. The second-order valence-corrected chi connectivity index (χ2v) is 4.54. The Balaban J connectivity index is 2.29. The van der Waals surface area contributed by atoms with Crippen molar-refractivity contribution in [1.29, 1.82) is 0 Å². The molecule has 0 amide bonds. The first-order valence-electron chi connectivity index (χ1n) is 5.84. The van der Waals surface area contributed by atoms with E-state index in [0.29, 0.717) is 0 Å². The molecule has 2 aliphatic rings. The van der Waals surface area contributed by atoms with Crippen LogP contribution in [0.5, 0.6) is 0 Å². The van der Waals surface area contributed by atoms with Crippen LogP contribution in [0.4, 0.5) is 0 Å². The zero-order chi connectivity index (χ0) is 10.3. The summed E-state index contributed by atoms with van der Waals surface area (Å²) >= 11 is 0. The van der Waals surface area contributed by atoms with E-state index < -0.39 is 0 Å². The maximum atomic E-state index is 2.35. The van der Waals surface area contributed by atoms with E-state index in [9.17, 15) is 0 Å². The summed E-state index contributed by atoms with van der Waals surface area (Å²) in [4.78, 5) is 0. The lowest BCUT2D eigenvalue weighted by molar-refractivity contribution is 0.902. The van der Waals surface area contributed by atoms with Crippen molar-refractivity contribution in [2.24, 2.45) is 0 Å². The van der Waals surface area contributed by atoms with Gasteiger partial charge in [-0.2, -0.15) is 0 Å². The molecule has 0 aromatic heterocycles. The summed E-state index contributed by atoms with van der Waals surface area (Å²) in [6.07, 6.45) is 14.1. The van der Waals surface area contributed by atoms with Crippen molar-refractivity contribution in [3.63, 3.8) is 0 Å². The summed E-state index contributed by atoms with van der Waals surface area (Å²) in [7, 11) is 0. The molecule has 3 rings (SSSR count). The molecule has 15 heavy (non-hydrogen) atoms. The molecule has 0 bridgehead atoms. The van der Waals surface area contributed by atoms with E-state index in [2.05, 4.69) is 37.3 Å². The van der Waals surface area contributed by atoms with Crippen LogP contribution in [-0.4, -0.2) is 0 Å². The van der Waals surface area contributed by atoms with Crippen LogP contribution < -0.4 is 0 Å². The predicted octanol–water partition coefficient (Wildman–Crippen LogP) is 3.91. The van der Waals surface area contributed by atoms with Crippen molar-refractivity contribution in [2.45, 2.75) is 32.6 Å². The second-order valence-electron chi connectivity index (χ2n) is 4.54. The Hall–Kier alpha value is -1.30. The highest BCUT2D eigenvalue weighted by Gasteiger charge is 2.16. The minimum atomic E-state index is 1.21. The summed E-state index contributed by atoms with van der Waals surface area (Å²) in [5.41, 5.74) is 7.63. The fourth-order valence-electron chi connectivity index (χ4n) is 2.80. The first-order chi connectivity index (χ1) is 7.36. The highest BCUT2D eigenvalue weighted by Crippen LogP contribution is 2.32. The van der Waals surface area contributed by atoms with E-state index in [0.717, 1.165) is 0 Å². The average molecular weight is 196 g/mol. The Labute approximate surface area is 91.3 Å². The van der Waals surface area contributed by atoms with Gasteiger partial charge in [-0.3, -0.25) is 0 Å². The van der Waals surface area contributed by atoms with Crippen LogP contribution in [0.3, 0.4) is 0 Å². The molecule has 0 nitrogen and oxygen atoms in total. The zero-order valence-corrected chi connectivity index (χ0v) is 9.22. The Morgan fingerprint density at radius 3 is 2.53 bits per heavy atom. The standard InChI is InChI=1S/C15H16/c1-11-10-12-6-2-3-8-14(12)15-9-5-4-7-13(11)15/h2,4,6-7,10H,3,5,8-9H2,1H3. The van der Waals surface area contributed by atoms with Crippen molar-refractivity contribution < 1.29 is 0 Å². The molecule has 0 saturated carbocycles. The van der Waals surface area contributed by atoms with E-state index in [1.54, 1.807) is 11.1 Å². The molecule has 0 saturated heterocycles. The van der Waals surface area contributed by atoms with E-state index >= 15 is 0 Å². The summed E-state index contributed by atoms with van der Waals surface area (Å²) in [5, 5.41) is 0. The highest BCUT2D eigenvalue weighted by atomic mass is 14.2. The molecule has 0 aliphatic heterocycles. The van der Waals surface area contributed by atoms with Gasteiger partial charge in [0.2, 0.25) is 0 Å². The molecule has 0 spiro atoms. The van der Waals surface area contributed by atoms with Crippen molar-refractivity contribution in [3.8, 4) is 0 Å². The number of aryl methyl sites for hydroxylation is 1. The number of hydrogen-bond donors (Lipinski definition) is 0. The summed E-state index contributed by atoms with van der Waals surface area (Å²) < 4.78 is 0. The third-order valence-corrected chi connectivity index (χ3v) is 3.54. The molecule has 0 fully saturated rings. The predicted molar refractivity (Wildman–Crippen MR) is 65.9 cm³/mol. The van der Waals surface area contributed by atoms with Gasteiger partial charge in [-0.05, 0) is 60.4 Å². The van der Waals surface area contributed by atoms with Crippen LogP contribution in [0.2, 0.25) is 0 Å². The van der Waals surface area contributed by atoms with Gasteiger partial charge >= 0.3 is 0 Å². The van der Waals surface area contributed by atoms with E-state index in [4.69, 9.17) is 0 Å². The van der Waals surface area contributed by atoms with Crippen LogP contribution in [-0.2, 0) is 12.8 Å². The lowest BCUT2D eigenvalue weighted by atomic mass is 9.83. The van der Waals surface area contributed by atoms with Gasteiger partial charge in [0.25, 0.3) is 0 Å². The van der Waals surface area contributed by atoms with Crippen LogP contribution >= 0.6 is 0 Å². The zero-order valence-electron chi connectivity index (χ0n) is 9.22. The summed E-state index contributed by atoms with van der Waals surface area (Å²) in [6.45, 7) is 2.23. The second kappa shape index (κ2) is 3.37. The van der Waals surface area contributed by atoms with Crippen molar-refractivity contribution >= 4 is 12.2 Å². The Morgan fingerprint density at radius 2 is 1.67 bits per heavy atom. The fraction of sp³-hybridized carbons (Fsp3) is 0.333.